The van der Waals surface area contributed by atoms with Gasteiger partial charge in [0, 0.05) is 29.5 Å². The fourth-order valence-electron chi connectivity index (χ4n) is 3.64. The Bertz CT molecular complexity index is 738. The summed E-state index contributed by atoms with van der Waals surface area (Å²) in [4.78, 5) is 13.5. The molecular formula is C20H23Cl3N2O. The predicted octanol–water partition coefficient (Wildman–Crippen LogP) is 5.65. The number of aromatic nitrogens is 1. The monoisotopic (exact) mass is 412 g/mol. The van der Waals surface area contributed by atoms with Crippen molar-refractivity contribution in [3.05, 3.63) is 58.9 Å². The molecule has 1 saturated carbocycles. The number of carbonyl (C=O) groups is 1. The van der Waals surface area contributed by atoms with Gasteiger partial charge in [0.1, 0.15) is 0 Å². The first-order valence-electron chi connectivity index (χ1n) is 9.02. The van der Waals surface area contributed by atoms with Gasteiger partial charge >= 0.3 is 0 Å². The van der Waals surface area contributed by atoms with Gasteiger partial charge in [-0.3, -0.25) is 4.79 Å². The zero-order valence-corrected chi connectivity index (χ0v) is 16.9. The third-order valence-corrected chi connectivity index (χ3v) is 5.78. The Hall–Kier alpha value is -1.16. The van der Waals surface area contributed by atoms with Crippen molar-refractivity contribution in [3.8, 4) is 0 Å². The largest absolute Gasteiger partial charge is 0.345 e. The lowest BCUT2D eigenvalue weighted by atomic mass is 9.94. The van der Waals surface area contributed by atoms with Crippen LogP contribution in [-0.2, 0) is 17.9 Å². The number of alkyl halides is 2. The summed E-state index contributed by atoms with van der Waals surface area (Å²) in [6.07, 6.45) is 7.55. The highest BCUT2D eigenvalue weighted by Gasteiger charge is 2.29. The molecule has 140 valence electrons. The van der Waals surface area contributed by atoms with Crippen LogP contribution >= 0.6 is 34.8 Å². The summed E-state index contributed by atoms with van der Waals surface area (Å²) < 4.78 is 2.13. The van der Waals surface area contributed by atoms with E-state index in [-0.39, 0.29) is 11.9 Å². The van der Waals surface area contributed by atoms with Gasteiger partial charge in [0.05, 0.1) is 6.54 Å². The Balaban J connectivity index is 1.80. The van der Waals surface area contributed by atoms with E-state index >= 15 is 0 Å². The molecule has 26 heavy (non-hydrogen) atoms. The van der Waals surface area contributed by atoms with Gasteiger partial charge < -0.3 is 9.47 Å². The first-order chi connectivity index (χ1) is 12.6. The molecule has 2 aromatic rings. The summed E-state index contributed by atoms with van der Waals surface area (Å²) in [5.41, 5.74) is 2.10. The summed E-state index contributed by atoms with van der Waals surface area (Å²) in [5.74, 6) is -0.203. The van der Waals surface area contributed by atoms with Crippen LogP contribution in [0.15, 0.2) is 42.6 Å². The molecule has 3 rings (SSSR count). The molecule has 0 spiro atoms. The first-order valence-corrected chi connectivity index (χ1v) is 10.3. The maximum absolute atomic E-state index is 12.6. The smallest absolute Gasteiger partial charge is 0.256 e. The molecule has 1 amide bonds. The summed E-state index contributed by atoms with van der Waals surface area (Å²) in [6.45, 7) is 1.18. The molecule has 1 aliphatic carbocycles. The van der Waals surface area contributed by atoms with Crippen LogP contribution in [0.25, 0.3) is 0 Å². The molecule has 0 N–H and O–H groups in total. The van der Waals surface area contributed by atoms with Crippen LogP contribution in [0.3, 0.4) is 0 Å². The fourth-order valence-corrected chi connectivity index (χ4v) is 4.08. The number of halogens is 3. The fraction of sp³-hybridized carbons (Fsp3) is 0.450. The second-order valence-corrected chi connectivity index (χ2v) is 8.28. The van der Waals surface area contributed by atoms with Gasteiger partial charge in [-0.15, -0.1) is 0 Å². The Kier molecular flexibility index (Phi) is 6.91. The highest BCUT2D eigenvalue weighted by molar-refractivity contribution is 6.53. The molecule has 6 heteroatoms. The normalized spacial score (nSPS) is 15.4. The van der Waals surface area contributed by atoms with Crippen LogP contribution in [-0.4, -0.2) is 26.3 Å². The van der Waals surface area contributed by atoms with Gasteiger partial charge in [0.15, 0.2) is 4.84 Å². The maximum atomic E-state index is 12.6. The Morgan fingerprint density at radius 1 is 1.12 bits per heavy atom. The molecule has 1 aliphatic rings. The number of rotatable bonds is 6. The predicted molar refractivity (Wildman–Crippen MR) is 108 cm³/mol. The van der Waals surface area contributed by atoms with E-state index < -0.39 is 4.84 Å². The average Bonchev–Trinajstić information content (AvgIpc) is 3.08. The van der Waals surface area contributed by atoms with Gasteiger partial charge in [0.2, 0.25) is 0 Å². The van der Waals surface area contributed by atoms with Crippen LogP contribution in [0.2, 0.25) is 5.02 Å². The molecule has 0 atom stereocenters. The molecule has 1 heterocycles. The Morgan fingerprint density at radius 3 is 2.54 bits per heavy atom. The minimum atomic E-state index is -1.02. The highest BCUT2D eigenvalue weighted by Crippen LogP contribution is 2.26. The molecule has 0 bridgehead atoms. The van der Waals surface area contributed by atoms with Gasteiger partial charge in [-0.2, -0.15) is 0 Å². The molecular weight excluding hydrogens is 391 g/mol. The summed E-state index contributed by atoms with van der Waals surface area (Å²) in [6, 6.07) is 12.1. The van der Waals surface area contributed by atoms with E-state index in [1.807, 2.05) is 47.5 Å². The van der Waals surface area contributed by atoms with Crippen molar-refractivity contribution in [3.63, 3.8) is 0 Å². The van der Waals surface area contributed by atoms with Crippen LogP contribution in [0.1, 0.15) is 43.4 Å². The van der Waals surface area contributed by atoms with Crippen LogP contribution in [0.5, 0.6) is 0 Å². The summed E-state index contributed by atoms with van der Waals surface area (Å²) in [5, 5.41) is 0.744. The molecule has 1 fully saturated rings. The van der Waals surface area contributed by atoms with E-state index in [2.05, 4.69) is 4.57 Å². The van der Waals surface area contributed by atoms with E-state index in [9.17, 15) is 4.79 Å². The molecule has 0 aliphatic heterocycles. The first kappa shape index (κ1) is 19.6. The van der Waals surface area contributed by atoms with Crippen molar-refractivity contribution in [2.24, 2.45) is 0 Å². The number of carbonyl (C=O) groups excluding carboxylic acids is 1. The minimum absolute atomic E-state index is 0.203. The third kappa shape index (κ3) is 4.76. The topological polar surface area (TPSA) is 25.2 Å². The zero-order chi connectivity index (χ0) is 18.5. The number of amides is 1. The van der Waals surface area contributed by atoms with Crippen LogP contribution in [0.4, 0.5) is 0 Å². The minimum Gasteiger partial charge on any atom is -0.345 e. The molecule has 3 nitrogen and oxygen atoms in total. The number of benzene rings is 1. The average molecular weight is 414 g/mol. The van der Waals surface area contributed by atoms with Gasteiger partial charge in [-0.25, -0.2) is 0 Å². The molecule has 0 radical (unpaired) electrons. The Morgan fingerprint density at radius 2 is 1.85 bits per heavy atom. The quantitative estimate of drug-likeness (QED) is 0.561. The van der Waals surface area contributed by atoms with Gasteiger partial charge in [0.25, 0.3) is 5.91 Å². The number of hydrogen-bond acceptors (Lipinski definition) is 1. The second kappa shape index (κ2) is 9.16. The SMILES string of the molecule is O=C(C(Cl)Cl)N(Cc1cccn1Cc1ccccc1Cl)C1CCCCC1. The molecule has 0 unspecified atom stereocenters. The van der Waals surface area contributed by atoms with Crippen molar-refractivity contribution in [1.29, 1.82) is 0 Å². The summed E-state index contributed by atoms with van der Waals surface area (Å²) in [7, 11) is 0. The van der Waals surface area contributed by atoms with Crippen LogP contribution in [0, 0.1) is 0 Å². The van der Waals surface area contributed by atoms with E-state index in [4.69, 9.17) is 34.8 Å². The summed E-state index contributed by atoms with van der Waals surface area (Å²) >= 11 is 18.1. The highest BCUT2D eigenvalue weighted by atomic mass is 35.5. The lowest BCUT2D eigenvalue weighted by Gasteiger charge is -2.35. The number of nitrogens with zero attached hydrogens (tertiary/aromatic N) is 2. The van der Waals surface area contributed by atoms with E-state index in [1.165, 1.54) is 6.42 Å². The van der Waals surface area contributed by atoms with Crippen molar-refractivity contribution >= 4 is 40.7 Å². The van der Waals surface area contributed by atoms with E-state index in [0.717, 1.165) is 42.0 Å². The van der Waals surface area contributed by atoms with E-state index in [0.29, 0.717) is 13.1 Å². The van der Waals surface area contributed by atoms with Gasteiger partial charge in [-0.1, -0.05) is 72.3 Å². The third-order valence-electron chi connectivity index (χ3n) is 5.04. The Labute approximate surface area is 169 Å². The van der Waals surface area contributed by atoms with Crippen molar-refractivity contribution in [1.82, 2.24) is 9.47 Å². The zero-order valence-electron chi connectivity index (χ0n) is 14.6. The van der Waals surface area contributed by atoms with Crippen LogP contribution < -0.4 is 0 Å². The van der Waals surface area contributed by atoms with Gasteiger partial charge in [-0.05, 0) is 36.6 Å². The van der Waals surface area contributed by atoms with Crippen molar-refractivity contribution in [2.75, 3.05) is 0 Å². The lowest BCUT2D eigenvalue weighted by molar-refractivity contribution is -0.133. The molecule has 1 aromatic heterocycles. The van der Waals surface area contributed by atoms with Crippen molar-refractivity contribution < 1.29 is 4.79 Å². The maximum Gasteiger partial charge on any atom is 0.256 e. The molecule has 1 aromatic carbocycles. The lowest BCUT2D eigenvalue weighted by Crippen LogP contribution is -2.43. The second-order valence-electron chi connectivity index (χ2n) is 6.78. The van der Waals surface area contributed by atoms with E-state index in [1.54, 1.807) is 0 Å². The molecule has 0 saturated heterocycles. The van der Waals surface area contributed by atoms with Crippen molar-refractivity contribution in [2.45, 2.75) is 56.1 Å². The number of hydrogen-bond donors (Lipinski definition) is 0. The standard InChI is InChI=1S/C20H23Cl3N2O/c21-18-11-5-4-7-15(18)13-24-12-6-10-17(24)14-25(20(26)19(22)23)16-8-2-1-3-9-16/h4-7,10-12,16,19H,1-3,8-9,13-14H2.